The number of rotatable bonds is 7. The van der Waals surface area contributed by atoms with Crippen LogP contribution in [-0.2, 0) is 9.53 Å². The molecule has 0 aliphatic carbocycles. The van der Waals surface area contributed by atoms with Gasteiger partial charge in [-0.1, -0.05) is 13.0 Å². The maximum absolute atomic E-state index is 12.3. The van der Waals surface area contributed by atoms with Gasteiger partial charge in [0.1, 0.15) is 12.3 Å². The molecule has 0 spiro atoms. The highest BCUT2D eigenvalue weighted by atomic mass is 16.5. The molecule has 0 bridgehead atoms. The van der Waals surface area contributed by atoms with Gasteiger partial charge in [0.05, 0.1) is 12.7 Å². The summed E-state index contributed by atoms with van der Waals surface area (Å²) < 4.78 is 10.5. The van der Waals surface area contributed by atoms with E-state index in [1.54, 1.807) is 32.2 Å². The Hall–Kier alpha value is -2.04. The molecule has 0 saturated carbocycles. The van der Waals surface area contributed by atoms with Gasteiger partial charge in [-0.25, -0.2) is 0 Å². The quantitative estimate of drug-likeness (QED) is 0.725. The first kappa shape index (κ1) is 17.0. The molecule has 0 N–H and O–H groups in total. The van der Waals surface area contributed by atoms with Crippen molar-refractivity contribution in [3.05, 3.63) is 29.8 Å². The Morgan fingerprint density at radius 2 is 2.00 bits per heavy atom. The maximum Gasteiger partial charge on any atom is 0.325 e. The summed E-state index contributed by atoms with van der Waals surface area (Å²) in [4.78, 5) is 25.0. The molecule has 0 aliphatic rings. The van der Waals surface area contributed by atoms with E-state index in [0.29, 0.717) is 17.9 Å². The first-order valence-corrected chi connectivity index (χ1v) is 7.15. The van der Waals surface area contributed by atoms with Crippen molar-refractivity contribution in [2.24, 2.45) is 0 Å². The van der Waals surface area contributed by atoms with Crippen LogP contribution in [0.25, 0.3) is 0 Å². The lowest BCUT2D eigenvalue weighted by Gasteiger charge is -2.17. The Bertz CT molecular complexity index is 487. The van der Waals surface area contributed by atoms with Crippen molar-refractivity contribution >= 4 is 11.9 Å². The lowest BCUT2D eigenvalue weighted by molar-refractivity contribution is -0.143. The molecule has 0 radical (unpaired) electrons. The van der Waals surface area contributed by atoms with Gasteiger partial charge >= 0.3 is 5.97 Å². The fraction of sp³-hybridized carbons (Fsp3) is 0.500. The Balaban J connectivity index is 2.73. The highest BCUT2D eigenvalue weighted by molar-refractivity contribution is 5.96. The van der Waals surface area contributed by atoms with Crippen molar-refractivity contribution in [2.45, 2.75) is 33.3 Å². The van der Waals surface area contributed by atoms with E-state index in [1.807, 2.05) is 19.9 Å². The molecule has 5 heteroatoms. The lowest BCUT2D eigenvalue weighted by atomic mass is 10.2. The van der Waals surface area contributed by atoms with Gasteiger partial charge in [0.25, 0.3) is 5.91 Å². The summed E-state index contributed by atoms with van der Waals surface area (Å²) in [7, 11) is 1.57. The van der Waals surface area contributed by atoms with E-state index in [0.717, 1.165) is 6.42 Å². The molecule has 0 fully saturated rings. The summed E-state index contributed by atoms with van der Waals surface area (Å²) in [6.45, 7) is 5.98. The lowest BCUT2D eigenvalue weighted by Crippen LogP contribution is -2.33. The fourth-order valence-corrected chi connectivity index (χ4v) is 1.71. The summed E-state index contributed by atoms with van der Waals surface area (Å²) in [5.74, 6) is -0.00208. The van der Waals surface area contributed by atoms with Crippen molar-refractivity contribution in [3.8, 4) is 5.75 Å². The molecular formula is C16H23NO4. The molecule has 1 aromatic carbocycles. The minimum atomic E-state index is -0.416. The van der Waals surface area contributed by atoms with Gasteiger partial charge in [0, 0.05) is 12.6 Å². The third-order valence-corrected chi connectivity index (χ3v) is 3.01. The molecule has 0 heterocycles. The number of amides is 1. The molecule has 1 aromatic rings. The first-order chi connectivity index (χ1) is 9.97. The second kappa shape index (κ2) is 8.29. The zero-order chi connectivity index (χ0) is 15.8. The summed E-state index contributed by atoms with van der Waals surface area (Å²) in [5, 5.41) is 0. The monoisotopic (exact) mass is 293 g/mol. The topological polar surface area (TPSA) is 55.8 Å². The summed E-state index contributed by atoms with van der Waals surface area (Å²) in [6, 6.07) is 6.97. The predicted molar refractivity (Wildman–Crippen MR) is 80.4 cm³/mol. The number of esters is 1. The summed E-state index contributed by atoms with van der Waals surface area (Å²) in [6.07, 6.45) is 0.980. The molecule has 5 nitrogen and oxygen atoms in total. The smallest absolute Gasteiger partial charge is 0.325 e. The number of ether oxygens (including phenoxy) is 2. The van der Waals surface area contributed by atoms with Crippen molar-refractivity contribution in [2.75, 3.05) is 20.2 Å². The van der Waals surface area contributed by atoms with Gasteiger partial charge < -0.3 is 14.4 Å². The van der Waals surface area contributed by atoms with E-state index < -0.39 is 5.97 Å². The van der Waals surface area contributed by atoms with Gasteiger partial charge in [-0.2, -0.15) is 0 Å². The Morgan fingerprint density at radius 1 is 1.29 bits per heavy atom. The van der Waals surface area contributed by atoms with E-state index in [-0.39, 0.29) is 18.6 Å². The van der Waals surface area contributed by atoms with Gasteiger partial charge in [0.15, 0.2) is 0 Å². The number of likely N-dealkylation sites (N-methyl/N-ethyl adjacent to an activating group) is 1. The number of nitrogens with zero attached hydrogens (tertiary/aromatic N) is 1. The highest BCUT2D eigenvalue weighted by Crippen LogP contribution is 2.17. The van der Waals surface area contributed by atoms with Crippen molar-refractivity contribution in [3.63, 3.8) is 0 Å². The van der Waals surface area contributed by atoms with Crippen LogP contribution in [0, 0.1) is 0 Å². The van der Waals surface area contributed by atoms with E-state index in [9.17, 15) is 9.59 Å². The normalized spacial score (nSPS) is 11.6. The largest absolute Gasteiger partial charge is 0.491 e. The van der Waals surface area contributed by atoms with Crippen LogP contribution >= 0.6 is 0 Å². The molecule has 0 aliphatic heterocycles. The first-order valence-electron chi connectivity index (χ1n) is 7.15. The zero-order valence-electron chi connectivity index (χ0n) is 13.1. The molecule has 1 rings (SSSR count). The number of benzene rings is 1. The average molecular weight is 293 g/mol. The van der Waals surface area contributed by atoms with Crippen LogP contribution in [-0.4, -0.2) is 43.1 Å². The number of carbonyl (C=O) groups excluding carboxylic acids is 2. The van der Waals surface area contributed by atoms with Crippen molar-refractivity contribution in [1.82, 2.24) is 4.90 Å². The minimum Gasteiger partial charge on any atom is -0.491 e. The standard InChI is InChI=1S/C16H23NO4/c1-5-12(3)21-14-9-7-8-13(10-14)16(19)17(4)11-15(18)20-6-2/h7-10,12H,5-6,11H2,1-4H3. The summed E-state index contributed by atoms with van der Waals surface area (Å²) >= 11 is 0. The van der Waals surface area contributed by atoms with Crippen LogP contribution in [0.15, 0.2) is 24.3 Å². The Morgan fingerprint density at radius 3 is 2.62 bits per heavy atom. The van der Waals surface area contributed by atoms with Gasteiger partial charge in [-0.15, -0.1) is 0 Å². The van der Waals surface area contributed by atoms with Crippen LogP contribution in [0.3, 0.4) is 0 Å². The highest BCUT2D eigenvalue weighted by Gasteiger charge is 2.16. The number of carbonyl (C=O) groups is 2. The second-order valence-electron chi connectivity index (χ2n) is 4.83. The summed E-state index contributed by atoms with van der Waals surface area (Å²) in [5.41, 5.74) is 0.489. The predicted octanol–water partition coefficient (Wildman–Crippen LogP) is 2.50. The van der Waals surface area contributed by atoms with E-state index >= 15 is 0 Å². The fourth-order valence-electron chi connectivity index (χ4n) is 1.71. The van der Waals surface area contributed by atoms with Crippen LogP contribution in [0.2, 0.25) is 0 Å². The van der Waals surface area contributed by atoms with Gasteiger partial charge in [-0.05, 0) is 38.5 Å². The Labute approximate surface area is 125 Å². The third-order valence-electron chi connectivity index (χ3n) is 3.01. The van der Waals surface area contributed by atoms with Gasteiger partial charge in [-0.3, -0.25) is 9.59 Å². The van der Waals surface area contributed by atoms with E-state index in [2.05, 4.69) is 0 Å². The molecular weight excluding hydrogens is 270 g/mol. The second-order valence-corrected chi connectivity index (χ2v) is 4.83. The van der Waals surface area contributed by atoms with Crippen molar-refractivity contribution < 1.29 is 19.1 Å². The van der Waals surface area contributed by atoms with Crippen LogP contribution in [0.4, 0.5) is 0 Å². The molecule has 1 amide bonds. The molecule has 0 aromatic heterocycles. The molecule has 21 heavy (non-hydrogen) atoms. The molecule has 1 unspecified atom stereocenters. The molecule has 0 saturated heterocycles. The van der Waals surface area contributed by atoms with Crippen LogP contribution < -0.4 is 4.74 Å². The van der Waals surface area contributed by atoms with Crippen molar-refractivity contribution in [1.29, 1.82) is 0 Å². The minimum absolute atomic E-state index is 0.0663. The number of hydrogen-bond donors (Lipinski definition) is 0. The van der Waals surface area contributed by atoms with E-state index in [1.165, 1.54) is 4.90 Å². The van der Waals surface area contributed by atoms with Crippen LogP contribution in [0.1, 0.15) is 37.6 Å². The van der Waals surface area contributed by atoms with Gasteiger partial charge in [0.2, 0.25) is 0 Å². The molecule has 1 atom stereocenters. The Kier molecular flexibility index (Phi) is 6.72. The van der Waals surface area contributed by atoms with Crippen LogP contribution in [0.5, 0.6) is 5.75 Å². The average Bonchev–Trinajstić information content (AvgIpc) is 2.46. The maximum atomic E-state index is 12.3. The molecule has 116 valence electrons. The van der Waals surface area contributed by atoms with E-state index in [4.69, 9.17) is 9.47 Å². The zero-order valence-corrected chi connectivity index (χ0v) is 13.1. The SMILES string of the molecule is CCOC(=O)CN(C)C(=O)c1cccc(OC(C)CC)c1. The third kappa shape index (κ3) is 5.45. The number of hydrogen-bond acceptors (Lipinski definition) is 4.